The third-order valence-corrected chi connectivity index (χ3v) is 9.19. The van der Waals surface area contributed by atoms with Gasteiger partial charge in [-0.15, -0.1) is 0 Å². The highest BCUT2D eigenvalue weighted by molar-refractivity contribution is 6.32. The predicted molar refractivity (Wildman–Crippen MR) is 171 cm³/mol. The highest BCUT2D eigenvalue weighted by atomic mass is 35.5. The highest BCUT2D eigenvalue weighted by Crippen LogP contribution is 2.33. The van der Waals surface area contributed by atoms with Crippen molar-refractivity contribution >= 4 is 69.2 Å². The molecule has 3 aliphatic rings. The van der Waals surface area contributed by atoms with Crippen molar-refractivity contribution in [1.29, 1.82) is 0 Å². The van der Waals surface area contributed by atoms with E-state index >= 15 is 0 Å². The van der Waals surface area contributed by atoms with E-state index in [-0.39, 0.29) is 30.0 Å². The molecule has 2 aromatic carbocycles. The van der Waals surface area contributed by atoms with Crippen molar-refractivity contribution in [3.05, 3.63) is 63.7 Å². The smallest absolute Gasteiger partial charge is 0.329 e. The Morgan fingerprint density at radius 1 is 0.956 bits per heavy atom. The fraction of sp³-hybridized carbons (Fsp3) is 0.355. The Hall–Kier alpha value is -4.91. The Balaban J connectivity index is 1.01. The molecule has 2 fully saturated rings. The van der Waals surface area contributed by atoms with E-state index in [4.69, 9.17) is 16.6 Å². The molecule has 2 saturated heterocycles. The van der Waals surface area contributed by atoms with Gasteiger partial charge in [-0.25, -0.2) is 9.78 Å². The first-order valence-electron chi connectivity index (χ1n) is 14.9. The molecule has 1 unspecified atom stereocenters. The number of benzene rings is 2. The van der Waals surface area contributed by atoms with Crippen LogP contribution in [-0.4, -0.2) is 63.0 Å². The Morgan fingerprint density at radius 2 is 1.73 bits per heavy atom. The fourth-order valence-electron chi connectivity index (χ4n) is 6.42. The lowest BCUT2D eigenvalue weighted by molar-refractivity contribution is -0.135. The van der Waals surface area contributed by atoms with Crippen molar-refractivity contribution in [1.82, 2.24) is 24.4 Å². The molecule has 4 aromatic rings. The van der Waals surface area contributed by atoms with Gasteiger partial charge in [0.05, 0.1) is 23.7 Å². The van der Waals surface area contributed by atoms with Crippen LogP contribution in [0.5, 0.6) is 0 Å². The Labute approximate surface area is 263 Å². The van der Waals surface area contributed by atoms with Crippen LogP contribution in [0.1, 0.15) is 37.3 Å². The number of hydrogen-bond donors (Lipinski definition) is 3. The summed E-state index contributed by atoms with van der Waals surface area (Å²) in [5.41, 5.74) is 4.63. The van der Waals surface area contributed by atoms with E-state index in [1.165, 1.54) is 9.13 Å². The number of aromatic nitrogens is 4. The van der Waals surface area contributed by atoms with Gasteiger partial charge in [0, 0.05) is 56.7 Å². The Bertz CT molecular complexity index is 1930. The average Bonchev–Trinajstić information content (AvgIpc) is 3.44. The van der Waals surface area contributed by atoms with Crippen LogP contribution < -0.4 is 31.4 Å². The number of carbonyl (C=O) groups excluding carboxylic acids is 3. The number of imidazole rings is 1. The Morgan fingerprint density at radius 3 is 2.51 bits per heavy atom. The van der Waals surface area contributed by atoms with E-state index in [1.807, 2.05) is 36.4 Å². The molecule has 0 bridgehead atoms. The average molecular weight is 630 g/mol. The molecule has 0 saturated carbocycles. The number of amides is 3. The van der Waals surface area contributed by atoms with Crippen molar-refractivity contribution in [3.8, 4) is 0 Å². The topological polar surface area (TPSA) is 146 Å². The first kappa shape index (κ1) is 28.8. The molecule has 45 heavy (non-hydrogen) atoms. The monoisotopic (exact) mass is 629 g/mol. The second-order valence-corrected chi connectivity index (χ2v) is 12.2. The third kappa shape index (κ3) is 5.26. The SMILES string of the molecule is CN1C(=O)Cc2cc(Nc3nc(N4CCC(Nc5ccc6c(c5)n(C)c(=O)n6C5CCC(=O)NC5=O)CC4)ncc3Cl)ccc21. The Kier molecular flexibility index (Phi) is 7.19. The highest BCUT2D eigenvalue weighted by Gasteiger charge is 2.31. The minimum absolute atomic E-state index is 0.0671. The second kappa shape index (κ2) is 11.2. The molecular weight excluding hydrogens is 598 g/mol. The number of hydrogen-bond acceptors (Lipinski definition) is 9. The van der Waals surface area contributed by atoms with Crippen LogP contribution in [0.2, 0.25) is 5.02 Å². The molecule has 14 heteroatoms. The van der Waals surface area contributed by atoms with Crippen LogP contribution in [0.3, 0.4) is 0 Å². The number of nitrogens with one attached hydrogen (secondary N) is 3. The number of piperidine rings is 2. The number of rotatable bonds is 6. The molecule has 232 valence electrons. The van der Waals surface area contributed by atoms with Crippen molar-refractivity contribution in [3.63, 3.8) is 0 Å². The van der Waals surface area contributed by atoms with Gasteiger partial charge < -0.3 is 20.4 Å². The lowest BCUT2D eigenvalue weighted by Crippen LogP contribution is -2.44. The van der Waals surface area contributed by atoms with Gasteiger partial charge in [0.25, 0.3) is 0 Å². The third-order valence-electron chi connectivity index (χ3n) is 8.91. The number of carbonyl (C=O) groups is 3. The summed E-state index contributed by atoms with van der Waals surface area (Å²) in [5, 5.41) is 9.63. The molecule has 2 aromatic heterocycles. The molecule has 3 N–H and O–H groups in total. The molecular formula is C31H32ClN9O4. The molecule has 1 atom stereocenters. The zero-order chi connectivity index (χ0) is 31.4. The van der Waals surface area contributed by atoms with Crippen LogP contribution in [0, 0.1) is 0 Å². The zero-order valence-electron chi connectivity index (χ0n) is 24.8. The summed E-state index contributed by atoms with van der Waals surface area (Å²) in [4.78, 5) is 62.3. The standard InChI is InChI=1S/C31H32ClN9O4/c1-38-22-5-3-19(13-17(22)14-27(38)43)35-28-21(32)16-33-30(37-28)40-11-9-18(10-12-40)34-20-4-6-23-25(15-20)39(2)31(45)41(23)24-7-8-26(42)36-29(24)44/h3-6,13,15-16,18,24,34H,7-12,14H2,1-2H3,(H,33,35,37)(H,36,42,44). The number of imide groups is 1. The van der Waals surface area contributed by atoms with Crippen LogP contribution in [-0.2, 0) is 27.9 Å². The van der Waals surface area contributed by atoms with Crippen LogP contribution >= 0.6 is 11.6 Å². The normalized spacial score (nSPS) is 18.8. The predicted octanol–water partition coefficient (Wildman–Crippen LogP) is 3.10. The summed E-state index contributed by atoms with van der Waals surface area (Å²) >= 11 is 6.45. The van der Waals surface area contributed by atoms with Gasteiger partial charge in [-0.2, -0.15) is 4.98 Å². The molecule has 3 amide bonds. The van der Waals surface area contributed by atoms with Gasteiger partial charge in [0.15, 0.2) is 5.82 Å². The summed E-state index contributed by atoms with van der Waals surface area (Å²) in [5.74, 6) is 0.392. The number of halogens is 1. The largest absolute Gasteiger partial charge is 0.382 e. The number of fused-ring (bicyclic) bond motifs is 2. The van der Waals surface area contributed by atoms with Gasteiger partial charge in [-0.1, -0.05) is 11.6 Å². The number of likely N-dealkylation sites (N-methyl/N-ethyl adjacent to an activating group) is 1. The molecule has 0 aliphatic carbocycles. The molecule has 13 nitrogen and oxygen atoms in total. The van der Waals surface area contributed by atoms with Crippen molar-refractivity contribution in [2.24, 2.45) is 7.05 Å². The summed E-state index contributed by atoms with van der Waals surface area (Å²) in [6, 6.07) is 11.0. The molecule has 7 rings (SSSR count). The van der Waals surface area contributed by atoms with E-state index in [0.29, 0.717) is 40.7 Å². The number of anilines is 5. The van der Waals surface area contributed by atoms with Crippen LogP contribution in [0.15, 0.2) is 47.4 Å². The van der Waals surface area contributed by atoms with E-state index < -0.39 is 11.9 Å². The van der Waals surface area contributed by atoms with Gasteiger partial charge >= 0.3 is 5.69 Å². The fourth-order valence-corrected chi connectivity index (χ4v) is 6.56. The van der Waals surface area contributed by atoms with E-state index in [2.05, 4.69) is 25.8 Å². The molecule has 0 radical (unpaired) electrons. The number of aryl methyl sites for hydroxylation is 1. The molecule has 3 aliphatic heterocycles. The van der Waals surface area contributed by atoms with Gasteiger partial charge in [0.1, 0.15) is 11.1 Å². The minimum atomic E-state index is -0.714. The van der Waals surface area contributed by atoms with Gasteiger partial charge in [-0.05, 0) is 61.2 Å². The summed E-state index contributed by atoms with van der Waals surface area (Å²) in [6.07, 6.45) is 4.15. The van der Waals surface area contributed by atoms with Crippen molar-refractivity contribution < 1.29 is 14.4 Å². The summed E-state index contributed by atoms with van der Waals surface area (Å²) < 4.78 is 3.02. The number of nitrogens with zero attached hydrogens (tertiary/aromatic N) is 6. The molecule has 0 spiro atoms. The second-order valence-electron chi connectivity index (χ2n) is 11.8. The van der Waals surface area contributed by atoms with Crippen molar-refractivity contribution in [2.75, 3.05) is 40.6 Å². The lowest BCUT2D eigenvalue weighted by Gasteiger charge is -2.33. The summed E-state index contributed by atoms with van der Waals surface area (Å²) in [6.45, 7) is 1.47. The maximum atomic E-state index is 13.1. The van der Waals surface area contributed by atoms with Crippen LogP contribution in [0.25, 0.3) is 11.0 Å². The van der Waals surface area contributed by atoms with E-state index in [0.717, 1.165) is 48.6 Å². The zero-order valence-corrected chi connectivity index (χ0v) is 25.6. The van der Waals surface area contributed by atoms with E-state index in [1.54, 1.807) is 25.2 Å². The van der Waals surface area contributed by atoms with Crippen LogP contribution in [0.4, 0.5) is 28.8 Å². The summed E-state index contributed by atoms with van der Waals surface area (Å²) in [7, 11) is 3.47. The lowest BCUT2D eigenvalue weighted by atomic mass is 10.0. The van der Waals surface area contributed by atoms with E-state index in [9.17, 15) is 19.2 Å². The minimum Gasteiger partial charge on any atom is -0.382 e. The van der Waals surface area contributed by atoms with Crippen molar-refractivity contribution in [2.45, 2.75) is 44.2 Å². The first-order valence-corrected chi connectivity index (χ1v) is 15.3. The van der Waals surface area contributed by atoms with Gasteiger partial charge in [-0.3, -0.25) is 28.8 Å². The molecule has 5 heterocycles. The first-order chi connectivity index (χ1) is 21.7. The quantitative estimate of drug-likeness (QED) is 0.274. The maximum Gasteiger partial charge on any atom is 0.329 e. The van der Waals surface area contributed by atoms with Gasteiger partial charge in [0.2, 0.25) is 23.7 Å². The maximum absolute atomic E-state index is 13.1.